The van der Waals surface area contributed by atoms with Crippen LogP contribution in [0.3, 0.4) is 0 Å². The van der Waals surface area contributed by atoms with Crippen LogP contribution in [0.15, 0.2) is 109 Å². The van der Waals surface area contributed by atoms with Crippen molar-refractivity contribution in [1.29, 1.82) is 0 Å². The van der Waals surface area contributed by atoms with Gasteiger partial charge in [0.1, 0.15) is 24.4 Å². The number of aliphatic hydroxyl groups is 5. The van der Waals surface area contributed by atoms with E-state index in [-0.39, 0.29) is 19.4 Å². The molecule has 0 bridgehead atoms. The number of allylic oxidation sites excluding steroid dienone is 17. The highest BCUT2D eigenvalue weighted by atomic mass is 16.7. The summed E-state index contributed by atoms with van der Waals surface area (Å²) in [6.07, 6.45) is 55.6. The molecule has 0 aromatic carbocycles. The molecule has 0 aromatic rings. The number of carbonyl (C=O) groups excluding carboxylic acids is 2. The highest BCUT2D eigenvalue weighted by molar-refractivity contribution is 5.80. The maximum Gasteiger partial charge on any atom is 0.306 e. The van der Waals surface area contributed by atoms with Crippen LogP contribution in [0.5, 0.6) is 0 Å². The summed E-state index contributed by atoms with van der Waals surface area (Å²) in [6, 6.07) is -1.05. The summed E-state index contributed by atoms with van der Waals surface area (Å²) in [5.74, 6) is -1.30. The van der Waals surface area contributed by atoms with Gasteiger partial charge in [-0.15, -0.1) is 0 Å². The Hall–Kier alpha value is -3.68. The van der Waals surface area contributed by atoms with Gasteiger partial charge >= 0.3 is 5.97 Å². The number of ether oxygens (including phenoxy) is 3. The van der Waals surface area contributed by atoms with Crippen molar-refractivity contribution in [3.05, 3.63) is 109 Å². The van der Waals surface area contributed by atoms with E-state index in [0.717, 1.165) is 77.0 Å². The summed E-state index contributed by atoms with van der Waals surface area (Å²) < 4.78 is 17.5. The lowest BCUT2D eigenvalue weighted by molar-refractivity contribution is -0.305. The quantitative estimate of drug-likeness (QED) is 0.0149. The molecule has 0 spiro atoms. The van der Waals surface area contributed by atoms with E-state index in [1.807, 2.05) is 60.8 Å². The van der Waals surface area contributed by atoms with E-state index in [0.29, 0.717) is 19.3 Å². The summed E-state index contributed by atoms with van der Waals surface area (Å²) in [7, 11) is 0. The molecular weight excluding hydrogens is 919 g/mol. The molecule has 1 heterocycles. The van der Waals surface area contributed by atoms with Crippen molar-refractivity contribution in [1.82, 2.24) is 5.32 Å². The molecule has 1 rings (SSSR count). The molecule has 1 aliphatic heterocycles. The van der Waals surface area contributed by atoms with Gasteiger partial charge in [-0.2, -0.15) is 0 Å². The Balaban J connectivity index is 2.79. The molecule has 11 heteroatoms. The standard InChI is InChI=1S/C62H103NO10/c1-4-7-10-13-16-19-22-25-26-27-28-29-32-34-37-40-43-46-49-55(66)61(70)63-53(54(65)48-45-42-39-36-33-30-23-20-17-14-11-8-5-2)52-71-62-60(59(69)58(68)56(51-64)72-62)73-57(67)50-47-44-41-38-35-31-24-21-18-15-12-9-6-3/h9,12,15-16,18-19,21,24-26,28-29,31,35,38,41,45,48,53-56,58-60,62,64-66,68-69H,4-8,10-11,13-14,17,20,22-23,27,30,32-34,36-37,39-40,42-44,46-47,49-52H2,1-3H3,(H,63,70)/b12-9+,18-15+,19-16-,24-21-,26-25-,29-28-,35-31-,41-38+,48-45+. The fourth-order valence-corrected chi connectivity index (χ4v) is 8.22. The Morgan fingerprint density at radius 2 is 1.04 bits per heavy atom. The second-order valence-electron chi connectivity index (χ2n) is 19.4. The molecule has 1 fully saturated rings. The van der Waals surface area contributed by atoms with Crippen LogP contribution >= 0.6 is 0 Å². The summed E-state index contributed by atoms with van der Waals surface area (Å²) in [4.78, 5) is 26.4. The van der Waals surface area contributed by atoms with Crippen molar-refractivity contribution in [2.45, 2.75) is 256 Å². The Kier molecular flexibility index (Phi) is 45.4. The van der Waals surface area contributed by atoms with Gasteiger partial charge in [0.2, 0.25) is 5.91 Å². The SMILES string of the molecule is CC/C=C/C=C/C=C\C=C/C=C/CCCC(=O)OC1C(OCC(NC(=O)C(O)CCCCCCC/C=C\C/C=C\C/C=C\CCCCC)C(O)/C=C/CCCCCCCCCCCCC)OC(CO)C(O)C1O. The number of amides is 1. The maximum atomic E-state index is 13.4. The van der Waals surface area contributed by atoms with Gasteiger partial charge in [0, 0.05) is 6.42 Å². The van der Waals surface area contributed by atoms with Crippen molar-refractivity contribution in [2.75, 3.05) is 13.2 Å². The molecule has 0 aliphatic carbocycles. The van der Waals surface area contributed by atoms with Crippen molar-refractivity contribution < 1.29 is 49.3 Å². The first kappa shape index (κ1) is 67.3. The third-order valence-corrected chi connectivity index (χ3v) is 12.8. The third-order valence-electron chi connectivity index (χ3n) is 12.8. The molecule has 6 N–H and O–H groups in total. The normalized spacial score (nSPS) is 20.2. The smallest absolute Gasteiger partial charge is 0.306 e. The zero-order valence-corrected chi connectivity index (χ0v) is 45.7. The van der Waals surface area contributed by atoms with E-state index in [1.165, 1.54) is 77.0 Å². The highest BCUT2D eigenvalue weighted by Gasteiger charge is 2.47. The van der Waals surface area contributed by atoms with Crippen molar-refractivity contribution in [2.24, 2.45) is 0 Å². The fourth-order valence-electron chi connectivity index (χ4n) is 8.22. The molecule has 0 aromatic heterocycles. The van der Waals surface area contributed by atoms with Gasteiger partial charge in [-0.25, -0.2) is 0 Å². The Morgan fingerprint density at radius 3 is 1.62 bits per heavy atom. The monoisotopic (exact) mass is 1020 g/mol. The molecule has 1 saturated heterocycles. The third kappa shape index (κ3) is 37.7. The molecule has 73 heavy (non-hydrogen) atoms. The number of carbonyl (C=O) groups is 2. The molecule has 8 unspecified atom stereocenters. The zero-order chi connectivity index (χ0) is 53.3. The summed E-state index contributed by atoms with van der Waals surface area (Å²) in [5, 5.41) is 56.8. The number of unbranched alkanes of at least 4 members (excludes halogenated alkanes) is 20. The second-order valence-corrected chi connectivity index (χ2v) is 19.4. The van der Waals surface area contributed by atoms with Gasteiger partial charge in [0.05, 0.1) is 25.4 Å². The predicted molar refractivity (Wildman–Crippen MR) is 301 cm³/mol. The zero-order valence-electron chi connectivity index (χ0n) is 45.7. The Labute approximate surface area is 443 Å². The first-order chi connectivity index (χ1) is 35.7. The van der Waals surface area contributed by atoms with Gasteiger partial charge in [-0.1, -0.05) is 233 Å². The average Bonchev–Trinajstić information content (AvgIpc) is 3.39. The van der Waals surface area contributed by atoms with Crippen LogP contribution < -0.4 is 5.32 Å². The van der Waals surface area contributed by atoms with Crippen LogP contribution in [0, 0.1) is 0 Å². The van der Waals surface area contributed by atoms with Gasteiger partial charge in [-0.3, -0.25) is 9.59 Å². The minimum atomic E-state index is -1.65. The van der Waals surface area contributed by atoms with Crippen LogP contribution in [0.2, 0.25) is 0 Å². The van der Waals surface area contributed by atoms with E-state index < -0.39 is 67.4 Å². The van der Waals surface area contributed by atoms with Gasteiger partial charge < -0.3 is 45.1 Å². The number of hydrogen-bond donors (Lipinski definition) is 6. The summed E-state index contributed by atoms with van der Waals surface area (Å²) >= 11 is 0. The molecule has 0 radical (unpaired) electrons. The number of rotatable bonds is 46. The summed E-state index contributed by atoms with van der Waals surface area (Å²) in [6.45, 7) is 5.54. The predicted octanol–water partition coefficient (Wildman–Crippen LogP) is 12.9. The minimum absolute atomic E-state index is 0.0198. The van der Waals surface area contributed by atoms with Crippen molar-refractivity contribution in [3.63, 3.8) is 0 Å². The first-order valence-electron chi connectivity index (χ1n) is 28.7. The van der Waals surface area contributed by atoms with Gasteiger partial charge in [-0.05, 0) is 77.0 Å². The van der Waals surface area contributed by atoms with Crippen LogP contribution in [-0.4, -0.2) is 99.6 Å². The van der Waals surface area contributed by atoms with Gasteiger partial charge in [0.25, 0.3) is 0 Å². The number of nitrogens with one attached hydrogen (secondary N) is 1. The lowest BCUT2D eigenvalue weighted by Crippen LogP contribution is -2.61. The van der Waals surface area contributed by atoms with Crippen LogP contribution in [0.1, 0.15) is 207 Å². The Bertz CT molecular complexity index is 1600. The van der Waals surface area contributed by atoms with Crippen molar-refractivity contribution in [3.8, 4) is 0 Å². The average molecular weight is 1020 g/mol. The van der Waals surface area contributed by atoms with E-state index in [4.69, 9.17) is 14.2 Å². The van der Waals surface area contributed by atoms with E-state index in [9.17, 15) is 35.1 Å². The molecule has 1 aliphatic rings. The minimum Gasteiger partial charge on any atom is -0.454 e. The molecule has 8 atom stereocenters. The van der Waals surface area contributed by atoms with Crippen molar-refractivity contribution >= 4 is 11.9 Å². The van der Waals surface area contributed by atoms with Gasteiger partial charge in [0.15, 0.2) is 12.4 Å². The topological polar surface area (TPSA) is 175 Å². The molecule has 1 amide bonds. The lowest BCUT2D eigenvalue weighted by atomic mass is 9.99. The van der Waals surface area contributed by atoms with E-state index >= 15 is 0 Å². The molecular formula is C62H103NO10. The highest BCUT2D eigenvalue weighted by Crippen LogP contribution is 2.26. The van der Waals surface area contributed by atoms with E-state index in [1.54, 1.807) is 6.08 Å². The van der Waals surface area contributed by atoms with Crippen LogP contribution in [0.4, 0.5) is 0 Å². The lowest BCUT2D eigenvalue weighted by Gasteiger charge is -2.41. The number of esters is 1. The van der Waals surface area contributed by atoms with Crippen LogP contribution in [-0.2, 0) is 23.8 Å². The van der Waals surface area contributed by atoms with E-state index in [2.05, 4.69) is 68.6 Å². The number of hydrogen-bond acceptors (Lipinski definition) is 10. The van der Waals surface area contributed by atoms with Crippen LogP contribution in [0.25, 0.3) is 0 Å². The molecule has 11 nitrogen and oxygen atoms in total. The first-order valence-corrected chi connectivity index (χ1v) is 28.7. The largest absolute Gasteiger partial charge is 0.454 e. The molecule has 0 saturated carbocycles. The summed E-state index contributed by atoms with van der Waals surface area (Å²) in [5.41, 5.74) is 0. The fraction of sp³-hybridized carbons (Fsp3) is 0.677. The Morgan fingerprint density at radius 1 is 0.562 bits per heavy atom. The molecule has 416 valence electrons. The maximum absolute atomic E-state index is 13.4. The number of aliphatic hydroxyl groups excluding tert-OH is 5. The second kappa shape index (κ2) is 49.2.